The van der Waals surface area contributed by atoms with Crippen LogP contribution >= 0.6 is 11.3 Å². The predicted molar refractivity (Wildman–Crippen MR) is 79.7 cm³/mol. The highest BCUT2D eigenvalue weighted by Crippen LogP contribution is 2.18. The summed E-state index contributed by atoms with van der Waals surface area (Å²) in [7, 11) is 0. The standard InChI is InChI=1S/C15H18F2N2OS/c16-14(17)9-20-7-6-15-19-12(10-21-15)8-13(18)11-4-2-1-3-5-11/h1-5,10,13-14H,6-9,18H2. The molecule has 1 aromatic heterocycles. The molecule has 0 saturated carbocycles. The fourth-order valence-electron chi connectivity index (χ4n) is 1.93. The lowest BCUT2D eigenvalue weighted by Crippen LogP contribution is -2.13. The molecule has 3 nitrogen and oxygen atoms in total. The number of benzene rings is 1. The van der Waals surface area contributed by atoms with Gasteiger partial charge in [-0.05, 0) is 5.56 Å². The van der Waals surface area contributed by atoms with Gasteiger partial charge in [-0.3, -0.25) is 0 Å². The van der Waals surface area contributed by atoms with E-state index < -0.39 is 13.0 Å². The van der Waals surface area contributed by atoms with E-state index in [0.29, 0.717) is 12.8 Å². The summed E-state index contributed by atoms with van der Waals surface area (Å²) < 4.78 is 28.7. The lowest BCUT2D eigenvalue weighted by molar-refractivity contribution is 0.0187. The van der Waals surface area contributed by atoms with Crippen LogP contribution in [0.1, 0.15) is 22.3 Å². The number of ether oxygens (including phenoxy) is 1. The minimum Gasteiger partial charge on any atom is -0.375 e. The molecule has 0 spiro atoms. The molecule has 2 rings (SSSR count). The molecule has 1 atom stereocenters. The monoisotopic (exact) mass is 312 g/mol. The molecule has 0 amide bonds. The van der Waals surface area contributed by atoms with Gasteiger partial charge in [0.25, 0.3) is 6.43 Å². The number of alkyl halides is 2. The van der Waals surface area contributed by atoms with Crippen LogP contribution < -0.4 is 5.73 Å². The van der Waals surface area contributed by atoms with Gasteiger partial charge in [-0.15, -0.1) is 11.3 Å². The normalized spacial score (nSPS) is 12.8. The number of hydrogen-bond acceptors (Lipinski definition) is 4. The van der Waals surface area contributed by atoms with Gasteiger partial charge in [-0.1, -0.05) is 30.3 Å². The molecular weight excluding hydrogens is 294 g/mol. The van der Waals surface area contributed by atoms with E-state index in [1.807, 2.05) is 35.7 Å². The first-order valence-electron chi connectivity index (χ1n) is 6.75. The lowest BCUT2D eigenvalue weighted by atomic mass is 10.0. The number of hydrogen-bond donors (Lipinski definition) is 1. The summed E-state index contributed by atoms with van der Waals surface area (Å²) in [5.74, 6) is 0. The Kier molecular flexibility index (Phi) is 6.22. The van der Waals surface area contributed by atoms with Crippen molar-refractivity contribution >= 4 is 11.3 Å². The molecule has 1 unspecified atom stereocenters. The van der Waals surface area contributed by atoms with Crippen LogP contribution in [0.2, 0.25) is 0 Å². The molecule has 1 heterocycles. The summed E-state index contributed by atoms with van der Waals surface area (Å²) in [5, 5.41) is 2.85. The van der Waals surface area contributed by atoms with Crippen LogP contribution in [-0.4, -0.2) is 24.6 Å². The average molecular weight is 312 g/mol. The minimum atomic E-state index is -2.42. The molecule has 2 aromatic rings. The summed E-state index contributed by atoms with van der Waals surface area (Å²) in [5.41, 5.74) is 8.15. The third kappa shape index (κ3) is 5.49. The second-order valence-electron chi connectivity index (χ2n) is 4.67. The Hall–Kier alpha value is -1.37. The second-order valence-corrected chi connectivity index (χ2v) is 5.61. The Labute approximate surface area is 126 Å². The third-order valence-electron chi connectivity index (χ3n) is 2.96. The number of aromatic nitrogens is 1. The maximum absolute atomic E-state index is 11.9. The van der Waals surface area contributed by atoms with Crippen LogP contribution in [0.4, 0.5) is 8.78 Å². The zero-order valence-electron chi connectivity index (χ0n) is 11.5. The van der Waals surface area contributed by atoms with Gasteiger partial charge in [-0.2, -0.15) is 0 Å². The van der Waals surface area contributed by atoms with E-state index in [1.165, 1.54) is 11.3 Å². The molecule has 2 N–H and O–H groups in total. The first kappa shape index (κ1) is 16.0. The molecule has 114 valence electrons. The Morgan fingerprint density at radius 3 is 2.71 bits per heavy atom. The molecule has 0 aliphatic heterocycles. The van der Waals surface area contributed by atoms with Crippen molar-refractivity contribution in [3.05, 3.63) is 52.0 Å². The number of nitrogens with zero attached hydrogens (tertiary/aromatic N) is 1. The largest absolute Gasteiger partial charge is 0.375 e. The van der Waals surface area contributed by atoms with Gasteiger partial charge in [0.05, 0.1) is 17.3 Å². The van der Waals surface area contributed by atoms with E-state index in [9.17, 15) is 8.78 Å². The van der Waals surface area contributed by atoms with Crippen LogP contribution in [0.15, 0.2) is 35.7 Å². The maximum atomic E-state index is 11.9. The molecule has 6 heteroatoms. The average Bonchev–Trinajstić information content (AvgIpc) is 2.92. The first-order valence-corrected chi connectivity index (χ1v) is 7.63. The van der Waals surface area contributed by atoms with Crippen molar-refractivity contribution in [2.24, 2.45) is 5.73 Å². The van der Waals surface area contributed by atoms with Crippen LogP contribution in [0.3, 0.4) is 0 Å². The summed E-state index contributed by atoms with van der Waals surface area (Å²) in [4.78, 5) is 4.46. The van der Waals surface area contributed by atoms with Crippen LogP contribution in [0, 0.1) is 0 Å². The van der Waals surface area contributed by atoms with Gasteiger partial charge in [0.1, 0.15) is 6.61 Å². The van der Waals surface area contributed by atoms with Gasteiger partial charge >= 0.3 is 0 Å². The van der Waals surface area contributed by atoms with E-state index in [0.717, 1.165) is 16.3 Å². The summed E-state index contributed by atoms with van der Waals surface area (Å²) >= 11 is 1.51. The predicted octanol–water partition coefficient (Wildman–Crippen LogP) is 3.21. The Morgan fingerprint density at radius 1 is 1.24 bits per heavy atom. The third-order valence-corrected chi connectivity index (χ3v) is 3.92. The van der Waals surface area contributed by atoms with Crippen molar-refractivity contribution in [1.82, 2.24) is 4.98 Å². The SMILES string of the molecule is NC(Cc1csc(CCOCC(F)F)n1)c1ccccc1. The van der Waals surface area contributed by atoms with Crippen molar-refractivity contribution < 1.29 is 13.5 Å². The molecule has 0 aliphatic carbocycles. The Morgan fingerprint density at radius 2 is 2.00 bits per heavy atom. The van der Waals surface area contributed by atoms with Crippen LogP contribution in [0.25, 0.3) is 0 Å². The van der Waals surface area contributed by atoms with Crippen molar-refractivity contribution in [2.45, 2.75) is 25.3 Å². The molecule has 0 bridgehead atoms. The van der Waals surface area contributed by atoms with E-state index in [1.54, 1.807) is 0 Å². The summed E-state index contributed by atoms with van der Waals surface area (Å²) in [6.07, 6.45) is -1.20. The van der Waals surface area contributed by atoms with Crippen LogP contribution in [-0.2, 0) is 17.6 Å². The van der Waals surface area contributed by atoms with E-state index >= 15 is 0 Å². The van der Waals surface area contributed by atoms with E-state index in [4.69, 9.17) is 10.5 Å². The molecule has 21 heavy (non-hydrogen) atoms. The zero-order valence-corrected chi connectivity index (χ0v) is 12.4. The number of nitrogens with two attached hydrogens (primary N) is 1. The minimum absolute atomic E-state index is 0.0868. The van der Waals surface area contributed by atoms with Gasteiger partial charge in [-0.25, -0.2) is 13.8 Å². The smallest absolute Gasteiger partial charge is 0.261 e. The number of halogens is 2. The lowest BCUT2D eigenvalue weighted by Gasteiger charge is -2.09. The molecule has 0 fully saturated rings. The van der Waals surface area contributed by atoms with Crippen molar-refractivity contribution in [2.75, 3.05) is 13.2 Å². The molecule has 0 saturated heterocycles. The number of thiazole rings is 1. The zero-order chi connectivity index (χ0) is 15.1. The van der Waals surface area contributed by atoms with Gasteiger partial charge in [0.15, 0.2) is 0 Å². The van der Waals surface area contributed by atoms with Crippen LogP contribution in [0.5, 0.6) is 0 Å². The van der Waals surface area contributed by atoms with Crippen molar-refractivity contribution in [3.63, 3.8) is 0 Å². The quantitative estimate of drug-likeness (QED) is 0.761. The highest BCUT2D eigenvalue weighted by atomic mass is 32.1. The van der Waals surface area contributed by atoms with Crippen molar-refractivity contribution in [3.8, 4) is 0 Å². The van der Waals surface area contributed by atoms with Gasteiger partial charge < -0.3 is 10.5 Å². The highest BCUT2D eigenvalue weighted by Gasteiger charge is 2.10. The Bertz CT molecular complexity index is 533. The Balaban J connectivity index is 1.80. The highest BCUT2D eigenvalue weighted by molar-refractivity contribution is 7.09. The molecule has 1 aromatic carbocycles. The van der Waals surface area contributed by atoms with Gasteiger partial charge in [0.2, 0.25) is 0 Å². The molecule has 0 aliphatic rings. The summed E-state index contributed by atoms with van der Waals surface area (Å²) in [6.45, 7) is -0.251. The van der Waals surface area contributed by atoms with E-state index in [2.05, 4.69) is 4.98 Å². The van der Waals surface area contributed by atoms with E-state index in [-0.39, 0.29) is 12.6 Å². The molecule has 0 radical (unpaired) electrons. The second kappa shape index (κ2) is 8.17. The summed E-state index contributed by atoms with van der Waals surface area (Å²) in [6, 6.07) is 9.78. The molecular formula is C15H18F2N2OS. The maximum Gasteiger partial charge on any atom is 0.261 e. The number of rotatable bonds is 8. The topological polar surface area (TPSA) is 48.1 Å². The fraction of sp³-hybridized carbons (Fsp3) is 0.400. The first-order chi connectivity index (χ1) is 10.1. The van der Waals surface area contributed by atoms with Gasteiger partial charge in [0, 0.05) is 24.3 Å². The fourth-order valence-corrected chi connectivity index (χ4v) is 2.72. The van der Waals surface area contributed by atoms with Crippen molar-refractivity contribution in [1.29, 1.82) is 0 Å².